The monoisotopic (exact) mass is 580 g/mol. The number of aromatic nitrogens is 4. The van der Waals surface area contributed by atoms with E-state index in [-0.39, 0.29) is 11.3 Å². The first-order chi connectivity index (χ1) is 16.2. The second-order valence-electron chi connectivity index (χ2n) is 7.31. The molecule has 2 unspecified atom stereocenters. The minimum Gasteiger partial charge on any atom is -0.394 e. The summed E-state index contributed by atoms with van der Waals surface area (Å²) in [6.45, 7) is -0.504. The first-order valence-electron chi connectivity index (χ1n) is 9.75. The van der Waals surface area contributed by atoms with Gasteiger partial charge in [-0.1, -0.05) is 28.6 Å². The Labute approximate surface area is 209 Å². The Morgan fingerprint density at radius 3 is 2.62 bits per heavy atom. The number of halogens is 5. The Morgan fingerprint density at radius 2 is 1.97 bits per heavy atom. The average Bonchev–Trinajstić information content (AvgIpc) is 3.29. The number of nitrogens with zero attached hydrogens (tertiary/aromatic N) is 4. The third-order valence-corrected chi connectivity index (χ3v) is 7.49. The Kier molecular flexibility index (Phi) is 7.82. The summed E-state index contributed by atoms with van der Waals surface area (Å²) >= 11 is 10.6. The van der Waals surface area contributed by atoms with Gasteiger partial charge in [-0.15, -0.1) is 5.10 Å². The second-order valence-corrected chi connectivity index (χ2v) is 9.63. The summed E-state index contributed by atoms with van der Waals surface area (Å²) in [5.41, 5.74) is -0.755. The molecule has 0 aliphatic carbocycles. The standard InChI is InChI=1S/C20H17BrClF3N4O4S/c1-32-18-16(29-6-12(27-28-29)8-2-10(23)15(25)11(24)3-8)17(31)13(7-30)33-20(18)34-14-4-9(22)5-26-19(14)21/h2-6,13,16-18,20,30-31H,7H2,1H3/t13?,16?,17-,18-,20+/m0/s1. The Hall–Kier alpha value is -1.74. The minimum atomic E-state index is -1.59. The third kappa shape index (κ3) is 4.96. The van der Waals surface area contributed by atoms with Crippen LogP contribution in [0.2, 0.25) is 5.02 Å². The Bertz CT molecular complexity index is 1170. The van der Waals surface area contributed by atoms with Crippen LogP contribution in [0.3, 0.4) is 0 Å². The fourth-order valence-corrected chi connectivity index (χ4v) is 5.50. The number of ether oxygens (including phenoxy) is 2. The summed E-state index contributed by atoms with van der Waals surface area (Å²) in [7, 11) is 1.41. The molecule has 1 saturated heterocycles. The van der Waals surface area contributed by atoms with Crippen molar-refractivity contribution in [3.63, 3.8) is 0 Å². The van der Waals surface area contributed by atoms with Crippen molar-refractivity contribution in [2.75, 3.05) is 13.7 Å². The highest BCUT2D eigenvalue weighted by Crippen LogP contribution is 2.41. The average molecular weight is 582 g/mol. The van der Waals surface area contributed by atoms with Crippen molar-refractivity contribution in [1.82, 2.24) is 20.0 Å². The molecule has 1 aliphatic rings. The van der Waals surface area contributed by atoms with Gasteiger partial charge in [0.2, 0.25) is 0 Å². The number of hydrogen-bond acceptors (Lipinski definition) is 8. The van der Waals surface area contributed by atoms with Gasteiger partial charge in [-0.2, -0.15) is 0 Å². The molecule has 4 rings (SSSR count). The summed E-state index contributed by atoms with van der Waals surface area (Å²) in [4.78, 5) is 4.76. The molecule has 5 atom stereocenters. The van der Waals surface area contributed by atoms with Crippen LogP contribution in [0.4, 0.5) is 13.2 Å². The molecule has 1 fully saturated rings. The molecule has 0 bridgehead atoms. The predicted octanol–water partition coefficient (Wildman–Crippen LogP) is 3.60. The third-order valence-electron chi connectivity index (χ3n) is 5.21. The van der Waals surface area contributed by atoms with Gasteiger partial charge in [0.1, 0.15) is 40.1 Å². The SMILES string of the molecule is CO[C@H]1C(n2cc(-c3cc(F)c(F)c(F)c3)nn2)[C@@H](O)C(CO)O[C@@H]1Sc1cc(Cl)cnc1Br. The lowest BCUT2D eigenvalue weighted by atomic mass is 9.97. The van der Waals surface area contributed by atoms with Crippen LogP contribution in [-0.2, 0) is 9.47 Å². The highest BCUT2D eigenvalue weighted by Gasteiger charge is 2.47. The van der Waals surface area contributed by atoms with Crippen LogP contribution in [0.5, 0.6) is 0 Å². The number of hydrogen-bond donors (Lipinski definition) is 2. The van der Waals surface area contributed by atoms with E-state index >= 15 is 0 Å². The van der Waals surface area contributed by atoms with Crippen molar-refractivity contribution in [3.05, 3.63) is 57.7 Å². The summed E-state index contributed by atoms with van der Waals surface area (Å²) < 4.78 is 54.0. The van der Waals surface area contributed by atoms with Gasteiger partial charge in [0.25, 0.3) is 0 Å². The van der Waals surface area contributed by atoms with Gasteiger partial charge >= 0.3 is 0 Å². The first kappa shape index (κ1) is 25.4. The summed E-state index contributed by atoms with van der Waals surface area (Å²) in [5.74, 6) is -4.34. The van der Waals surface area contributed by atoms with Gasteiger partial charge in [-0.25, -0.2) is 22.8 Å². The Balaban J connectivity index is 1.69. The maximum atomic E-state index is 13.7. The fraction of sp³-hybridized carbons (Fsp3) is 0.350. The molecule has 0 radical (unpaired) electrons. The van der Waals surface area contributed by atoms with Gasteiger partial charge in [0.05, 0.1) is 17.8 Å². The molecule has 34 heavy (non-hydrogen) atoms. The predicted molar refractivity (Wildman–Crippen MR) is 120 cm³/mol. The van der Waals surface area contributed by atoms with Crippen molar-refractivity contribution in [1.29, 1.82) is 0 Å². The zero-order chi connectivity index (χ0) is 24.6. The lowest BCUT2D eigenvalue weighted by molar-refractivity contribution is -0.186. The van der Waals surface area contributed by atoms with Crippen molar-refractivity contribution >= 4 is 39.3 Å². The number of benzene rings is 1. The van der Waals surface area contributed by atoms with E-state index in [1.54, 1.807) is 6.07 Å². The smallest absolute Gasteiger partial charge is 0.194 e. The molecule has 3 heterocycles. The van der Waals surface area contributed by atoms with E-state index in [2.05, 4.69) is 31.2 Å². The molecule has 1 aromatic carbocycles. The number of pyridine rings is 1. The molecule has 3 aromatic rings. The lowest BCUT2D eigenvalue weighted by Crippen LogP contribution is -2.55. The van der Waals surface area contributed by atoms with E-state index < -0.39 is 53.8 Å². The van der Waals surface area contributed by atoms with Crippen molar-refractivity contribution < 1.29 is 32.9 Å². The fourth-order valence-electron chi connectivity index (χ4n) is 3.58. The zero-order valence-corrected chi connectivity index (χ0v) is 20.4. The number of methoxy groups -OCH3 is 1. The van der Waals surface area contributed by atoms with E-state index in [4.69, 9.17) is 21.1 Å². The molecule has 0 spiro atoms. The van der Waals surface area contributed by atoms with Crippen LogP contribution in [0.25, 0.3) is 11.3 Å². The van der Waals surface area contributed by atoms with Crippen LogP contribution in [0.15, 0.2) is 40.1 Å². The van der Waals surface area contributed by atoms with E-state index in [1.807, 2.05) is 0 Å². The van der Waals surface area contributed by atoms with Gasteiger partial charge in [-0.05, 0) is 34.1 Å². The van der Waals surface area contributed by atoms with Gasteiger partial charge in [0, 0.05) is 23.8 Å². The van der Waals surface area contributed by atoms with Gasteiger partial charge in [0.15, 0.2) is 17.5 Å². The van der Waals surface area contributed by atoms with Crippen molar-refractivity contribution in [2.24, 2.45) is 0 Å². The van der Waals surface area contributed by atoms with Gasteiger partial charge < -0.3 is 19.7 Å². The van der Waals surface area contributed by atoms with Crippen LogP contribution >= 0.6 is 39.3 Å². The van der Waals surface area contributed by atoms with E-state index in [0.717, 1.165) is 12.1 Å². The van der Waals surface area contributed by atoms with Crippen LogP contribution < -0.4 is 0 Å². The molecule has 14 heteroatoms. The van der Waals surface area contributed by atoms with E-state index in [0.29, 0.717) is 14.5 Å². The molecular formula is C20H17BrClF3N4O4S. The molecule has 0 amide bonds. The first-order valence-corrected chi connectivity index (χ1v) is 11.8. The number of aliphatic hydroxyl groups is 2. The number of aliphatic hydroxyl groups excluding tert-OH is 2. The maximum absolute atomic E-state index is 13.7. The number of thioether (sulfide) groups is 1. The van der Waals surface area contributed by atoms with Crippen LogP contribution in [-0.4, -0.2) is 67.7 Å². The molecule has 0 saturated carbocycles. The molecule has 2 N–H and O–H groups in total. The topological polar surface area (TPSA) is 103 Å². The quantitative estimate of drug-likeness (QED) is 0.336. The normalized spacial score (nSPS) is 25.0. The molecular weight excluding hydrogens is 565 g/mol. The van der Waals surface area contributed by atoms with Crippen molar-refractivity contribution in [2.45, 2.75) is 34.7 Å². The number of rotatable bonds is 6. The minimum absolute atomic E-state index is 0.0397. The lowest BCUT2D eigenvalue weighted by Gasteiger charge is -2.43. The summed E-state index contributed by atoms with van der Waals surface area (Å²) in [6, 6.07) is 2.34. The second kappa shape index (κ2) is 10.5. The largest absolute Gasteiger partial charge is 0.394 e. The van der Waals surface area contributed by atoms with Crippen molar-refractivity contribution in [3.8, 4) is 11.3 Å². The molecule has 8 nitrogen and oxygen atoms in total. The van der Waals surface area contributed by atoms with Gasteiger partial charge in [-0.3, -0.25) is 0 Å². The Morgan fingerprint density at radius 1 is 1.26 bits per heavy atom. The van der Waals surface area contributed by atoms with E-state index in [9.17, 15) is 23.4 Å². The zero-order valence-electron chi connectivity index (χ0n) is 17.3. The summed E-state index contributed by atoms with van der Waals surface area (Å²) in [5, 5.41) is 29.0. The van der Waals surface area contributed by atoms with E-state index in [1.165, 1.54) is 35.9 Å². The van der Waals surface area contributed by atoms with Crippen LogP contribution in [0, 0.1) is 17.5 Å². The highest BCUT2D eigenvalue weighted by atomic mass is 79.9. The summed E-state index contributed by atoms with van der Waals surface area (Å²) in [6.07, 6.45) is -0.293. The molecule has 2 aromatic heterocycles. The molecule has 1 aliphatic heterocycles. The van der Waals surface area contributed by atoms with Crippen LogP contribution in [0.1, 0.15) is 6.04 Å². The maximum Gasteiger partial charge on any atom is 0.194 e. The molecule has 182 valence electrons. The highest BCUT2D eigenvalue weighted by molar-refractivity contribution is 9.10.